The number of nitrogens with one attached hydrogen (secondary N) is 1. The van der Waals surface area contributed by atoms with Crippen LogP contribution in [-0.4, -0.2) is 44.5 Å². The third kappa shape index (κ3) is 4.76. The van der Waals surface area contributed by atoms with Gasteiger partial charge in [-0.15, -0.1) is 0 Å². The van der Waals surface area contributed by atoms with Crippen LogP contribution in [0.4, 0.5) is 5.69 Å². The Morgan fingerprint density at radius 1 is 1.47 bits per heavy atom. The van der Waals surface area contributed by atoms with Crippen LogP contribution in [0, 0.1) is 0 Å². The monoisotopic (exact) mass is 288 g/mol. The largest absolute Gasteiger partial charge is 0.497 e. The van der Waals surface area contributed by atoms with Crippen molar-refractivity contribution in [1.29, 1.82) is 0 Å². The van der Waals surface area contributed by atoms with Crippen molar-refractivity contribution in [2.45, 2.75) is 6.42 Å². The Balaban J connectivity index is 2.75. The summed E-state index contributed by atoms with van der Waals surface area (Å²) in [6, 6.07) is 6.44. The van der Waals surface area contributed by atoms with Crippen LogP contribution in [0.5, 0.6) is 5.75 Å². The molecule has 2 N–H and O–H groups in total. The summed E-state index contributed by atoms with van der Waals surface area (Å²) in [4.78, 5) is 10.4. The van der Waals surface area contributed by atoms with Gasteiger partial charge in [0.05, 0.1) is 19.2 Å². The minimum Gasteiger partial charge on any atom is -0.497 e. The van der Waals surface area contributed by atoms with E-state index in [9.17, 15) is 13.2 Å². The molecule has 0 aliphatic heterocycles. The third-order valence-corrected chi connectivity index (χ3v) is 3.86. The highest BCUT2D eigenvalue weighted by Crippen LogP contribution is 2.18. The summed E-state index contributed by atoms with van der Waals surface area (Å²) < 4.78 is 32.1. The molecule has 0 spiro atoms. The fourth-order valence-electron chi connectivity index (χ4n) is 1.29. The Labute approximate surface area is 112 Å². The molecule has 0 aliphatic rings. The molecule has 19 heavy (non-hydrogen) atoms. The Kier molecular flexibility index (Phi) is 5.13. The first-order valence-corrected chi connectivity index (χ1v) is 6.89. The van der Waals surface area contributed by atoms with Crippen molar-refractivity contribution >= 4 is 21.9 Å². The zero-order chi connectivity index (χ0) is 14.5. The average molecular weight is 288 g/mol. The topological polar surface area (TPSA) is 95.9 Å². The lowest BCUT2D eigenvalue weighted by Gasteiger charge is -2.17. The molecule has 8 heteroatoms. The zero-order valence-electron chi connectivity index (χ0n) is 10.7. The van der Waals surface area contributed by atoms with Crippen LogP contribution < -0.4 is 9.46 Å². The Hall–Kier alpha value is -1.80. The minimum atomic E-state index is -3.77. The highest BCUT2D eigenvalue weighted by molar-refractivity contribution is 7.90. The predicted octanol–water partition coefficient (Wildman–Crippen LogP) is 0.758. The number of ether oxygens (including phenoxy) is 1. The second kappa shape index (κ2) is 6.39. The number of benzene rings is 1. The van der Waals surface area contributed by atoms with Gasteiger partial charge in [-0.1, -0.05) is 6.07 Å². The summed E-state index contributed by atoms with van der Waals surface area (Å²) >= 11 is 0. The highest BCUT2D eigenvalue weighted by atomic mass is 32.2. The lowest BCUT2D eigenvalue weighted by Crippen LogP contribution is -2.34. The second-order valence-corrected chi connectivity index (χ2v) is 5.58. The molecule has 0 fully saturated rings. The quantitative estimate of drug-likeness (QED) is 0.772. The summed E-state index contributed by atoms with van der Waals surface area (Å²) in [5.41, 5.74) is 0.349. The molecule has 0 atom stereocenters. The zero-order valence-corrected chi connectivity index (χ0v) is 11.5. The van der Waals surface area contributed by atoms with Gasteiger partial charge in [0.1, 0.15) is 5.75 Å². The van der Waals surface area contributed by atoms with Gasteiger partial charge in [0.15, 0.2) is 0 Å². The van der Waals surface area contributed by atoms with Gasteiger partial charge >= 0.3 is 16.2 Å². The summed E-state index contributed by atoms with van der Waals surface area (Å²) in [7, 11) is -0.980. The number of hydrogen-bond donors (Lipinski definition) is 2. The van der Waals surface area contributed by atoms with Crippen LogP contribution in [0.3, 0.4) is 0 Å². The molecule has 0 heterocycles. The van der Waals surface area contributed by atoms with Crippen LogP contribution in [0.1, 0.15) is 6.42 Å². The van der Waals surface area contributed by atoms with E-state index in [1.165, 1.54) is 20.2 Å². The molecule has 0 bridgehead atoms. The van der Waals surface area contributed by atoms with Gasteiger partial charge in [0, 0.05) is 19.7 Å². The molecule has 1 aromatic rings. The molecular weight excluding hydrogens is 272 g/mol. The van der Waals surface area contributed by atoms with E-state index < -0.39 is 16.2 Å². The van der Waals surface area contributed by atoms with E-state index in [0.717, 1.165) is 4.31 Å². The van der Waals surface area contributed by atoms with Gasteiger partial charge in [0.2, 0.25) is 0 Å². The first-order valence-electron chi connectivity index (χ1n) is 5.45. The maximum absolute atomic E-state index is 11.9. The van der Waals surface area contributed by atoms with Crippen molar-refractivity contribution in [3.63, 3.8) is 0 Å². The number of methoxy groups -OCH3 is 1. The Morgan fingerprint density at radius 3 is 2.74 bits per heavy atom. The number of hydrogen-bond acceptors (Lipinski definition) is 4. The van der Waals surface area contributed by atoms with Gasteiger partial charge in [0.25, 0.3) is 0 Å². The van der Waals surface area contributed by atoms with E-state index in [1.54, 1.807) is 18.2 Å². The maximum atomic E-state index is 11.9. The van der Waals surface area contributed by atoms with Crippen LogP contribution in [0.2, 0.25) is 0 Å². The molecular formula is C11H16N2O5S. The summed E-state index contributed by atoms with van der Waals surface area (Å²) in [6.45, 7) is -0.103. The van der Waals surface area contributed by atoms with E-state index in [-0.39, 0.29) is 13.0 Å². The molecule has 0 unspecified atom stereocenters. The summed E-state index contributed by atoms with van der Waals surface area (Å²) in [5.74, 6) is -0.531. The molecule has 0 amide bonds. The average Bonchev–Trinajstić information content (AvgIpc) is 2.35. The van der Waals surface area contributed by atoms with Gasteiger partial charge < -0.3 is 9.84 Å². The van der Waals surface area contributed by atoms with E-state index >= 15 is 0 Å². The van der Waals surface area contributed by atoms with Crippen molar-refractivity contribution < 1.29 is 23.1 Å². The van der Waals surface area contributed by atoms with Crippen LogP contribution in [-0.2, 0) is 15.0 Å². The van der Waals surface area contributed by atoms with Gasteiger partial charge in [-0.2, -0.15) is 12.7 Å². The molecule has 0 aromatic heterocycles. The molecule has 7 nitrogen and oxygen atoms in total. The van der Waals surface area contributed by atoms with Crippen LogP contribution >= 0.6 is 0 Å². The summed E-state index contributed by atoms with van der Waals surface area (Å²) in [5, 5.41) is 8.53. The molecule has 0 aliphatic carbocycles. The van der Waals surface area contributed by atoms with Crippen LogP contribution in [0.25, 0.3) is 0 Å². The van der Waals surface area contributed by atoms with Crippen molar-refractivity contribution in [1.82, 2.24) is 4.31 Å². The number of rotatable bonds is 7. The number of nitrogens with zero attached hydrogens (tertiary/aromatic N) is 1. The Morgan fingerprint density at radius 2 is 2.16 bits per heavy atom. The van der Waals surface area contributed by atoms with E-state index in [0.29, 0.717) is 11.4 Å². The van der Waals surface area contributed by atoms with Gasteiger partial charge in [-0.05, 0) is 12.1 Å². The van der Waals surface area contributed by atoms with Gasteiger partial charge in [-0.3, -0.25) is 9.52 Å². The van der Waals surface area contributed by atoms with E-state index in [4.69, 9.17) is 9.84 Å². The first kappa shape index (κ1) is 15.3. The highest BCUT2D eigenvalue weighted by Gasteiger charge is 2.18. The minimum absolute atomic E-state index is 0.103. The summed E-state index contributed by atoms with van der Waals surface area (Å²) in [6.07, 6.45) is -0.254. The number of carbonyl (C=O) groups is 1. The molecule has 1 rings (SSSR count). The van der Waals surface area contributed by atoms with Crippen LogP contribution in [0.15, 0.2) is 24.3 Å². The molecule has 106 valence electrons. The normalized spacial score (nSPS) is 11.3. The Bertz CT molecular complexity index is 544. The fourth-order valence-corrected chi connectivity index (χ4v) is 2.20. The smallest absolute Gasteiger partial charge is 0.304 e. The molecule has 0 radical (unpaired) electrons. The fraction of sp³-hybridized carbons (Fsp3) is 0.364. The molecule has 0 saturated carbocycles. The van der Waals surface area contributed by atoms with E-state index in [2.05, 4.69) is 4.72 Å². The standard InChI is InChI=1S/C11H16N2O5S/c1-13(7-6-11(14)15)19(16,17)12-9-4-3-5-10(8-9)18-2/h3-5,8,12H,6-7H2,1-2H3,(H,14,15). The molecule has 1 aromatic carbocycles. The predicted molar refractivity (Wildman–Crippen MR) is 70.4 cm³/mol. The van der Waals surface area contributed by atoms with Crippen molar-refractivity contribution in [3.8, 4) is 5.75 Å². The second-order valence-electron chi connectivity index (χ2n) is 3.80. The van der Waals surface area contributed by atoms with Crippen molar-refractivity contribution in [3.05, 3.63) is 24.3 Å². The number of carboxylic acids is 1. The third-order valence-electron chi connectivity index (χ3n) is 2.37. The number of carboxylic acid groups (broad SMARTS) is 1. The lowest BCUT2D eigenvalue weighted by atomic mass is 10.3. The number of anilines is 1. The van der Waals surface area contributed by atoms with E-state index in [1.807, 2.05) is 0 Å². The maximum Gasteiger partial charge on any atom is 0.304 e. The van der Waals surface area contributed by atoms with Crippen molar-refractivity contribution in [2.75, 3.05) is 25.4 Å². The number of aliphatic carboxylic acids is 1. The van der Waals surface area contributed by atoms with Crippen molar-refractivity contribution in [2.24, 2.45) is 0 Å². The first-order chi connectivity index (χ1) is 8.85. The molecule has 0 saturated heterocycles. The SMILES string of the molecule is COc1cccc(NS(=O)(=O)N(C)CCC(=O)O)c1. The lowest BCUT2D eigenvalue weighted by molar-refractivity contribution is -0.137. The van der Waals surface area contributed by atoms with Gasteiger partial charge in [-0.25, -0.2) is 0 Å².